The molecular formula is C18H13F3N6O3. The van der Waals surface area contributed by atoms with E-state index in [1.54, 1.807) is 24.5 Å². The van der Waals surface area contributed by atoms with Crippen molar-refractivity contribution in [3.05, 3.63) is 59.9 Å². The quantitative estimate of drug-likeness (QED) is 0.536. The third-order valence-electron chi connectivity index (χ3n) is 4.20. The molecule has 0 aliphatic rings. The molecule has 0 aromatic carbocycles. The first-order valence-corrected chi connectivity index (χ1v) is 8.54. The zero-order valence-electron chi connectivity index (χ0n) is 15.3. The Kier molecular flexibility index (Phi) is 4.82. The Morgan fingerprint density at radius 2 is 2.07 bits per heavy atom. The Labute approximate surface area is 166 Å². The predicted octanol–water partition coefficient (Wildman–Crippen LogP) is 3.86. The molecule has 0 bridgehead atoms. The van der Waals surface area contributed by atoms with E-state index in [-0.39, 0.29) is 18.1 Å². The number of aryl methyl sites for hydroxylation is 1. The van der Waals surface area contributed by atoms with Crippen LogP contribution in [0.15, 0.2) is 47.4 Å². The number of rotatable bonds is 4. The second kappa shape index (κ2) is 7.46. The van der Waals surface area contributed by atoms with Crippen molar-refractivity contribution in [1.82, 2.24) is 24.7 Å². The Bertz CT molecular complexity index is 1220. The number of amides is 1. The number of halogens is 3. The second-order valence-electron chi connectivity index (χ2n) is 6.18. The summed E-state index contributed by atoms with van der Waals surface area (Å²) in [5.41, 5.74) is 2.58. The van der Waals surface area contributed by atoms with Gasteiger partial charge in [-0.1, -0.05) is 5.16 Å². The van der Waals surface area contributed by atoms with Crippen molar-refractivity contribution in [2.24, 2.45) is 0 Å². The van der Waals surface area contributed by atoms with E-state index in [0.717, 1.165) is 11.1 Å². The molecule has 4 aromatic heterocycles. The molecule has 0 radical (unpaired) electrons. The summed E-state index contributed by atoms with van der Waals surface area (Å²) in [5.74, 6) is -1.76. The van der Waals surface area contributed by atoms with Crippen molar-refractivity contribution < 1.29 is 27.2 Å². The minimum absolute atomic E-state index is 0.0300. The lowest BCUT2D eigenvalue weighted by Gasteiger charge is -2.10. The van der Waals surface area contributed by atoms with E-state index >= 15 is 0 Å². The van der Waals surface area contributed by atoms with Crippen molar-refractivity contribution >= 4 is 17.3 Å². The van der Waals surface area contributed by atoms with Gasteiger partial charge in [-0.2, -0.15) is 23.3 Å². The summed E-state index contributed by atoms with van der Waals surface area (Å²) in [6, 6.07) is 6.25. The highest BCUT2D eigenvalue weighted by atomic mass is 19.4. The first-order chi connectivity index (χ1) is 14.3. The molecule has 0 aliphatic heterocycles. The Balaban J connectivity index is 1.54. The number of hydrogen-bond acceptors (Lipinski definition) is 7. The fraction of sp³-hybridized carbons (Fsp3) is 0.167. The zero-order valence-corrected chi connectivity index (χ0v) is 15.3. The highest BCUT2D eigenvalue weighted by Gasteiger charge is 2.38. The van der Waals surface area contributed by atoms with Crippen LogP contribution in [-0.2, 0) is 17.5 Å². The number of ether oxygens (including phenoxy) is 1. The Hall–Kier alpha value is -3.96. The van der Waals surface area contributed by atoms with Crippen molar-refractivity contribution in [2.45, 2.75) is 19.7 Å². The molecule has 0 fully saturated rings. The highest BCUT2D eigenvalue weighted by Crippen LogP contribution is 2.30. The maximum absolute atomic E-state index is 12.7. The molecule has 0 unspecified atom stereocenters. The van der Waals surface area contributed by atoms with Crippen molar-refractivity contribution in [3.8, 4) is 11.5 Å². The molecule has 1 N–H and O–H groups in total. The normalized spacial score (nSPS) is 11.6. The van der Waals surface area contributed by atoms with Crippen LogP contribution >= 0.6 is 0 Å². The second-order valence-corrected chi connectivity index (χ2v) is 6.18. The van der Waals surface area contributed by atoms with E-state index < -0.39 is 18.2 Å². The van der Waals surface area contributed by atoms with Crippen LogP contribution in [0.2, 0.25) is 0 Å². The standard InChI is InChI=1S/C18H13F3N6O3/c1-10-4-6-22-8-11(10)9-29-17(28)24-12-2-3-14(27-13(12)5-7-23-27)15-25-16(30-26-15)18(19,20)21/h2-8H,9H2,1H3,(H,24,28). The van der Waals surface area contributed by atoms with Gasteiger partial charge in [-0.15, -0.1) is 0 Å². The van der Waals surface area contributed by atoms with Crippen LogP contribution in [-0.4, -0.2) is 30.8 Å². The number of carbonyl (C=O) groups is 1. The summed E-state index contributed by atoms with van der Waals surface area (Å²) in [6.45, 7) is 1.90. The summed E-state index contributed by atoms with van der Waals surface area (Å²) in [4.78, 5) is 19.5. The van der Waals surface area contributed by atoms with Crippen molar-refractivity contribution in [1.29, 1.82) is 0 Å². The smallest absolute Gasteiger partial charge is 0.444 e. The van der Waals surface area contributed by atoms with Crippen molar-refractivity contribution in [2.75, 3.05) is 5.32 Å². The molecular weight excluding hydrogens is 405 g/mol. The average Bonchev–Trinajstić information content (AvgIpc) is 3.37. The topological polar surface area (TPSA) is 107 Å². The lowest BCUT2D eigenvalue weighted by molar-refractivity contribution is -0.159. The van der Waals surface area contributed by atoms with Crippen LogP contribution in [0.5, 0.6) is 0 Å². The van der Waals surface area contributed by atoms with Gasteiger partial charge in [0.05, 0.1) is 17.4 Å². The minimum atomic E-state index is -4.76. The number of hydrogen-bond donors (Lipinski definition) is 1. The van der Waals surface area contributed by atoms with E-state index in [0.29, 0.717) is 11.2 Å². The van der Waals surface area contributed by atoms with E-state index in [2.05, 4.69) is 30.1 Å². The predicted molar refractivity (Wildman–Crippen MR) is 96.3 cm³/mol. The van der Waals surface area contributed by atoms with Gasteiger partial charge in [0.2, 0.25) is 5.82 Å². The monoisotopic (exact) mass is 418 g/mol. The maximum Gasteiger partial charge on any atom is 0.471 e. The fourth-order valence-electron chi connectivity index (χ4n) is 2.67. The molecule has 4 heterocycles. The van der Waals surface area contributed by atoms with Gasteiger partial charge in [0.15, 0.2) is 0 Å². The summed E-state index contributed by atoms with van der Waals surface area (Å²) < 4.78 is 48.9. The van der Waals surface area contributed by atoms with Crippen LogP contribution in [0, 0.1) is 6.92 Å². The summed E-state index contributed by atoms with van der Waals surface area (Å²) in [5, 5.41) is 9.99. The van der Waals surface area contributed by atoms with Crippen LogP contribution in [0.4, 0.5) is 23.7 Å². The molecule has 0 spiro atoms. The molecule has 12 heteroatoms. The van der Waals surface area contributed by atoms with Crippen LogP contribution < -0.4 is 5.32 Å². The molecule has 4 rings (SSSR count). The lowest BCUT2D eigenvalue weighted by atomic mass is 10.2. The van der Waals surface area contributed by atoms with Gasteiger partial charge in [0.25, 0.3) is 0 Å². The molecule has 0 aliphatic carbocycles. The van der Waals surface area contributed by atoms with Gasteiger partial charge >= 0.3 is 18.2 Å². The van der Waals surface area contributed by atoms with Gasteiger partial charge in [-0.05, 0) is 36.8 Å². The first kappa shape index (κ1) is 19.4. The summed E-state index contributed by atoms with van der Waals surface area (Å²) in [7, 11) is 0. The fourth-order valence-corrected chi connectivity index (χ4v) is 2.67. The number of aromatic nitrogens is 5. The summed E-state index contributed by atoms with van der Waals surface area (Å²) >= 11 is 0. The van der Waals surface area contributed by atoms with Crippen LogP contribution in [0.3, 0.4) is 0 Å². The largest absolute Gasteiger partial charge is 0.471 e. The van der Waals surface area contributed by atoms with Gasteiger partial charge < -0.3 is 9.26 Å². The number of alkyl halides is 3. The van der Waals surface area contributed by atoms with Gasteiger partial charge in [-0.3, -0.25) is 10.3 Å². The number of nitrogens with one attached hydrogen (secondary N) is 1. The number of pyridine rings is 2. The van der Waals surface area contributed by atoms with Gasteiger partial charge in [-0.25, -0.2) is 9.31 Å². The van der Waals surface area contributed by atoms with E-state index in [1.165, 1.54) is 22.8 Å². The van der Waals surface area contributed by atoms with Gasteiger partial charge in [0, 0.05) is 18.0 Å². The van der Waals surface area contributed by atoms with Crippen LogP contribution in [0.25, 0.3) is 17.0 Å². The number of fused-ring (bicyclic) bond motifs is 1. The lowest BCUT2D eigenvalue weighted by Crippen LogP contribution is -2.15. The highest BCUT2D eigenvalue weighted by molar-refractivity contribution is 5.91. The van der Waals surface area contributed by atoms with Crippen LogP contribution in [0.1, 0.15) is 17.0 Å². The molecule has 4 aromatic rings. The SMILES string of the molecule is Cc1ccncc1COC(=O)Nc1ccc(-c2noc(C(F)(F)F)n2)n2nccc12. The molecule has 154 valence electrons. The number of anilines is 1. The third-order valence-corrected chi connectivity index (χ3v) is 4.20. The average molecular weight is 418 g/mol. The molecule has 0 atom stereocenters. The van der Waals surface area contributed by atoms with E-state index in [1.807, 2.05) is 6.92 Å². The van der Waals surface area contributed by atoms with Gasteiger partial charge in [0.1, 0.15) is 12.3 Å². The van der Waals surface area contributed by atoms with Crippen molar-refractivity contribution in [3.63, 3.8) is 0 Å². The minimum Gasteiger partial charge on any atom is -0.444 e. The molecule has 9 nitrogen and oxygen atoms in total. The third kappa shape index (κ3) is 3.79. The Morgan fingerprint density at radius 3 is 2.80 bits per heavy atom. The maximum atomic E-state index is 12.7. The number of carbonyl (C=O) groups excluding carboxylic acids is 1. The van der Waals surface area contributed by atoms with E-state index in [4.69, 9.17) is 4.74 Å². The summed E-state index contributed by atoms with van der Waals surface area (Å²) in [6.07, 6.45) is -0.816. The van der Waals surface area contributed by atoms with E-state index in [9.17, 15) is 18.0 Å². The zero-order chi connectivity index (χ0) is 21.3. The number of nitrogens with zero attached hydrogens (tertiary/aromatic N) is 5. The Morgan fingerprint density at radius 1 is 1.23 bits per heavy atom. The molecule has 30 heavy (non-hydrogen) atoms. The first-order valence-electron chi connectivity index (χ1n) is 8.54. The molecule has 0 saturated carbocycles. The molecule has 0 saturated heterocycles. The molecule has 1 amide bonds.